The van der Waals surface area contributed by atoms with Gasteiger partial charge in [0.05, 0.1) is 25.9 Å². The molecule has 1 unspecified atom stereocenters. The Morgan fingerprint density at radius 3 is 2.42 bits per heavy atom. The zero-order valence-corrected chi connectivity index (χ0v) is 17.5. The second-order valence-corrected chi connectivity index (χ2v) is 7.41. The van der Waals surface area contributed by atoms with Crippen molar-refractivity contribution in [2.45, 2.75) is 26.0 Å². The average Bonchev–Trinajstić information content (AvgIpc) is 3.23. The molecule has 1 aromatic heterocycles. The van der Waals surface area contributed by atoms with Gasteiger partial charge in [0.15, 0.2) is 11.5 Å². The fraction of sp³-hybridized carbons (Fsp3) is 0.304. The largest absolute Gasteiger partial charge is 0.493 e. The van der Waals surface area contributed by atoms with Gasteiger partial charge in [-0.3, -0.25) is 4.79 Å². The maximum atomic E-state index is 13.3. The Bertz CT molecular complexity index is 1110. The van der Waals surface area contributed by atoms with Crippen LogP contribution >= 0.6 is 0 Å². The predicted molar refractivity (Wildman–Crippen MR) is 111 cm³/mol. The highest BCUT2D eigenvalue weighted by molar-refractivity contribution is 5.95. The molecule has 1 N–H and O–H groups in total. The molecule has 0 radical (unpaired) electrons. The summed E-state index contributed by atoms with van der Waals surface area (Å²) in [7, 11) is 3.15. The van der Waals surface area contributed by atoms with Crippen molar-refractivity contribution in [1.29, 1.82) is 0 Å². The highest BCUT2D eigenvalue weighted by atomic mass is 19.1. The monoisotopic (exact) mass is 426 g/mol. The van der Waals surface area contributed by atoms with Gasteiger partial charge >= 0.3 is 0 Å². The fourth-order valence-electron chi connectivity index (χ4n) is 3.86. The van der Waals surface area contributed by atoms with E-state index in [-0.39, 0.29) is 23.0 Å². The summed E-state index contributed by atoms with van der Waals surface area (Å²) in [4.78, 5) is 14.9. The summed E-state index contributed by atoms with van der Waals surface area (Å²) >= 11 is 0. The molecule has 0 saturated carbocycles. The van der Waals surface area contributed by atoms with E-state index in [1.54, 1.807) is 26.0 Å². The van der Waals surface area contributed by atoms with Crippen LogP contribution in [0, 0.1) is 5.82 Å². The molecular formula is C23H23FN2O5. The van der Waals surface area contributed by atoms with Crippen molar-refractivity contribution >= 4 is 5.91 Å². The molecule has 2 heterocycles. The van der Waals surface area contributed by atoms with E-state index in [4.69, 9.17) is 14.0 Å². The maximum Gasteiger partial charge on any atom is 0.293 e. The molecule has 0 saturated heterocycles. The normalized spacial score (nSPS) is 14.2. The van der Waals surface area contributed by atoms with E-state index in [1.165, 1.54) is 24.3 Å². The Kier molecular flexibility index (Phi) is 5.65. The minimum Gasteiger partial charge on any atom is -0.493 e. The Morgan fingerprint density at radius 2 is 1.81 bits per heavy atom. The minimum atomic E-state index is -0.994. The minimum absolute atomic E-state index is 0.0155. The second kappa shape index (κ2) is 8.39. The SMILES string of the molecule is COc1cc2c(cc1OC)CN(C(=O)c1onc(-c3ccc(F)cc3)c1C(C)O)CC2. The molecule has 0 spiro atoms. The number of aliphatic hydroxyl groups is 1. The van der Waals surface area contributed by atoms with Crippen molar-refractivity contribution < 1.29 is 28.3 Å². The number of nitrogens with zero attached hydrogens (tertiary/aromatic N) is 2. The first-order chi connectivity index (χ1) is 14.9. The van der Waals surface area contributed by atoms with Crippen molar-refractivity contribution in [3.8, 4) is 22.8 Å². The average molecular weight is 426 g/mol. The van der Waals surface area contributed by atoms with Gasteiger partial charge in [-0.05, 0) is 60.9 Å². The zero-order chi connectivity index (χ0) is 22.1. The van der Waals surface area contributed by atoms with Crippen LogP contribution in [0.5, 0.6) is 11.5 Å². The molecule has 3 aromatic rings. The highest BCUT2D eigenvalue weighted by Gasteiger charge is 2.31. The van der Waals surface area contributed by atoms with Crippen molar-refractivity contribution in [1.82, 2.24) is 10.1 Å². The molecule has 7 nitrogen and oxygen atoms in total. The number of methoxy groups -OCH3 is 2. The van der Waals surface area contributed by atoms with Crippen LogP contribution in [0.4, 0.5) is 4.39 Å². The number of ether oxygens (including phenoxy) is 2. The molecule has 8 heteroatoms. The number of hydrogen-bond donors (Lipinski definition) is 1. The van der Waals surface area contributed by atoms with Gasteiger partial charge in [0, 0.05) is 18.7 Å². The van der Waals surface area contributed by atoms with Gasteiger partial charge in [-0.1, -0.05) is 5.16 Å². The van der Waals surface area contributed by atoms with Crippen molar-refractivity contribution in [3.63, 3.8) is 0 Å². The van der Waals surface area contributed by atoms with Crippen molar-refractivity contribution in [3.05, 3.63) is 64.7 Å². The van der Waals surface area contributed by atoms with Crippen LogP contribution in [0.2, 0.25) is 0 Å². The number of aliphatic hydroxyl groups excluding tert-OH is 1. The fourth-order valence-corrected chi connectivity index (χ4v) is 3.86. The number of hydrogen-bond acceptors (Lipinski definition) is 6. The third-order valence-electron chi connectivity index (χ3n) is 5.46. The third kappa shape index (κ3) is 3.86. The van der Waals surface area contributed by atoms with Crippen LogP contribution in [0.1, 0.15) is 40.3 Å². The molecular weight excluding hydrogens is 403 g/mol. The molecule has 1 atom stereocenters. The van der Waals surface area contributed by atoms with Gasteiger partial charge in [0.2, 0.25) is 5.76 Å². The van der Waals surface area contributed by atoms with E-state index >= 15 is 0 Å². The Labute approximate surface area is 179 Å². The van der Waals surface area contributed by atoms with Crippen LogP contribution < -0.4 is 9.47 Å². The predicted octanol–water partition coefficient (Wildman–Crippen LogP) is 3.75. The van der Waals surface area contributed by atoms with Gasteiger partial charge in [-0.2, -0.15) is 0 Å². The van der Waals surface area contributed by atoms with Gasteiger partial charge in [-0.25, -0.2) is 4.39 Å². The number of aromatic nitrogens is 1. The quantitative estimate of drug-likeness (QED) is 0.669. The lowest BCUT2D eigenvalue weighted by molar-refractivity contribution is 0.0684. The number of benzene rings is 2. The summed E-state index contributed by atoms with van der Waals surface area (Å²) in [5, 5.41) is 14.4. The first-order valence-electron chi connectivity index (χ1n) is 9.89. The summed E-state index contributed by atoms with van der Waals surface area (Å²) in [6, 6.07) is 9.45. The molecule has 162 valence electrons. The summed E-state index contributed by atoms with van der Waals surface area (Å²) in [5.74, 6) is 0.478. The van der Waals surface area contributed by atoms with E-state index < -0.39 is 6.10 Å². The number of rotatable bonds is 5. The van der Waals surface area contributed by atoms with Crippen LogP contribution in [-0.4, -0.2) is 41.8 Å². The topological polar surface area (TPSA) is 85.0 Å². The van der Waals surface area contributed by atoms with Gasteiger partial charge < -0.3 is 24.0 Å². The lowest BCUT2D eigenvalue weighted by Gasteiger charge is -2.29. The lowest BCUT2D eigenvalue weighted by Crippen LogP contribution is -2.36. The summed E-state index contributed by atoms with van der Waals surface area (Å²) in [5.41, 5.74) is 3.20. The standard InChI is InChI=1S/C23H23FN2O5/c1-13(27)20-21(14-4-6-17(24)7-5-14)25-31-22(20)23(28)26-9-8-15-10-18(29-2)19(30-3)11-16(15)12-26/h4-7,10-11,13,27H,8-9,12H2,1-3H3. The van der Waals surface area contributed by atoms with Crippen LogP contribution in [-0.2, 0) is 13.0 Å². The first-order valence-corrected chi connectivity index (χ1v) is 9.89. The number of carbonyl (C=O) groups is 1. The zero-order valence-electron chi connectivity index (χ0n) is 17.5. The van der Waals surface area contributed by atoms with E-state index in [2.05, 4.69) is 5.16 Å². The first kappa shape index (κ1) is 20.9. The van der Waals surface area contributed by atoms with Crippen molar-refractivity contribution in [2.75, 3.05) is 20.8 Å². The molecule has 1 amide bonds. The molecule has 31 heavy (non-hydrogen) atoms. The number of halogens is 1. The third-order valence-corrected chi connectivity index (χ3v) is 5.46. The smallest absolute Gasteiger partial charge is 0.293 e. The van der Waals surface area contributed by atoms with Gasteiger partial charge in [0.25, 0.3) is 5.91 Å². The summed E-state index contributed by atoms with van der Waals surface area (Å²) in [6.07, 6.45) is -0.351. The van der Waals surface area contributed by atoms with Crippen molar-refractivity contribution in [2.24, 2.45) is 0 Å². The van der Waals surface area contributed by atoms with E-state index in [1.807, 2.05) is 12.1 Å². The van der Waals surface area contributed by atoms with E-state index in [9.17, 15) is 14.3 Å². The maximum absolute atomic E-state index is 13.3. The highest BCUT2D eigenvalue weighted by Crippen LogP contribution is 2.35. The van der Waals surface area contributed by atoms with Gasteiger partial charge in [0.1, 0.15) is 11.5 Å². The van der Waals surface area contributed by atoms with E-state index in [0.29, 0.717) is 42.3 Å². The summed E-state index contributed by atoms with van der Waals surface area (Å²) in [6.45, 7) is 2.38. The molecule has 2 aromatic carbocycles. The Morgan fingerprint density at radius 1 is 1.16 bits per heavy atom. The van der Waals surface area contributed by atoms with Crippen LogP contribution in [0.25, 0.3) is 11.3 Å². The molecule has 1 aliphatic rings. The van der Waals surface area contributed by atoms with E-state index in [0.717, 1.165) is 11.1 Å². The Balaban J connectivity index is 1.65. The molecule has 0 bridgehead atoms. The second-order valence-electron chi connectivity index (χ2n) is 7.41. The number of amides is 1. The molecule has 0 aliphatic carbocycles. The molecule has 4 rings (SSSR count). The number of fused-ring (bicyclic) bond motifs is 1. The molecule has 0 fully saturated rings. The summed E-state index contributed by atoms with van der Waals surface area (Å²) < 4.78 is 29.4. The Hall–Kier alpha value is -3.39. The van der Waals surface area contributed by atoms with Crippen LogP contribution in [0.15, 0.2) is 40.9 Å². The van der Waals surface area contributed by atoms with Gasteiger partial charge in [-0.15, -0.1) is 0 Å². The number of carbonyl (C=O) groups excluding carboxylic acids is 1. The van der Waals surface area contributed by atoms with Crippen LogP contribution in [0.3, 0.4) is 0 Å². The lowest BCUT2D eigenvalue weighted by atomic mass is 9.97. The molecule has 1 aliphatic heterocycles.